The first-order chi connectivity index (χ1) is 9.63. The third-order valence-corrected chi connectivity index (χ3v) is 5.69. The second kappa shape index (κ2) is 5.35. The molecule has 2 aliphatic rings. The molecule has 0 aromatic carbocycles. The first kappa shape index (κ1) is 13.9. The average Bonchev–Trinajstić information content (AvgIpc) is 3.21. The van der Waals surface area contributed by atoms with Gasteiger partial charge in [0.25, 0.3) is 0 Å². The zero-order chi connectivity index (χ0) is 14.2. The fourth-order valence-electron chi connectivity index (χ4n) is 2.64. The molecule has 5 nitrogen and oxygen atoms in total. The molecule has 1 aromatic rings. The predicted octanol–water partition coefficient (Wildman–Crippen LogP) is 1.49. The Morgan fingerprint density at radius 2 is 2.15 bits per heavy atom. The number of sulfonamides is 1. The van der Waals surface area contributed by atoms with Gasteiger partial charge < -0.3 is 9.88 Å². The third kappa shape index (κ3) is 2.55. The van der Waals surface area contributed by atoms with Crippen LogP contribution in [0.2, 0.25) is 0 Å². The fraction of sp³-hybridized carbons (Fsp3) is 0.571. The van der Waals surface area contributed by atoms with Gasteiger partial charge >= 0.3 is 0 Å². The van der Waals surface area contributed by atoms with Crippen LogP contribution in [-0.4, -0.2) is 37.4 Å². The van der Waals surface area contributed by atoms with E-state index >= 15 is 0 Å². The van der Waals surface area contributed by atoms with Gasteiger partial charge in [-0.1, -0.05) is 12.2 Å². The second-order valence-electron chi connectivity index (χ2n) is 5.46. The van der Waals surface area contributed by atoms with E-state index in [-0.39, 0.29) is 0 Å². The van der Waals surface area contributed by atoms with Gasteiger partial charge in [-0.15, -0.1) is 0 Å². The van der Waals surface area contributed by atoms with Crippen molar-refractivity contribution < 1.29 is 8.42 Å². The van der Waals surface area contributed by atoms with Crippen molar-refractivity contribution in [2.24, 2.45) is 0 Å². The minimum absolute atomic E-state index is 0.435. The smallest absolute Gasteiger partial charge is 0.244 e. The summed E-state index contributed by atoms with van der Waals surface area (Å²) in [5.74, 6) is 0. The van der Waals surface area contributed by atoms with Crippen LogP contribution in [0.3, 0.4) is 0 Å². The highest BCUT2D eigenvalue weighted by Crippen LogP contribution is 2.37. The molecule has 1 N–H and O–H groups in total. The van der Waals surface area contributed by atoms with Gasteiger partial charge in [-0.3, -0.25) is 0 Å². The Bertz CT molecular complexity index is 614. The Morgan fingerprint density at radius 1 is 1.35 bits per heavy atom. The molecule has 2 heterocycles. The van der Waals surface area contributed by atoms with Crippen molar-refractivity contribution in [3.05, 3.63) is 30.1 Å². The van der Waals surface area contributed by atoms with Crippen LogP contribution in [0.5, 0.6) is 0 Å². The summed E-state index contributed by atoms with van der Waals surface area (Å²) in [6, 6.07) is 2.31. The highest BCUT2D eigenvalue weighted by Gasteiger charge is 2.30. The zero-order valence-electron chi connectivity index (χ0n) is 11.7. The van der Waals surface area contributed by atoms with Gasteiger partial charge in [-0.05, 0) is 32.4 Å². The largest absolute Gasteiger partial charge is 0.346 e. The van der Waals surface area contributed by atoms with Gasteiger partial charge in [-0.25, -0.2) is 8.42 Å². The Balaban J connectivity index is 1.92. The van der Waals surface area contributed by atoms with E-state index in [0.717, 1.165) is 25.0 Å². The summed E-state index contributed by atoms with van der Waals surface area (Å²) in [6.45, 7) is 1.76. The average molecular weight is 295 g/mol. The van der Waals surface area contributed by atoms with Gasteiger partial charge in [0, 0.05) is 37.6 Å². The van der Waals surface area contributed by atoms with Crippen LogP contribution in [-0.2, 0) is 16.6 Å². The van der Waals surface area contributed by atoms with E-state index in [1.54, 1.807) is 4.31 Å². The third-order valence-electron chi connectivity index (χ3n) is 3.86. The number of rotatable bonds is 5. The van der Waals surface area contributed by atoms with E-state index in [0.29, 0.717) is 30.6 Å². The molecule has 6 heteroatoms. The molecule has 3 rings (SSSR count). The molecule has 0 saturated heterocycles. The SMILES string of the molecule is CNCc1cc(S(=O)(=O)N2CC=CCC2)cn1C1CC1. The highest BCUT2D eigenvalue weighted by atomic mass is 32.2. The van der Waals surface area contributed by atoms with E-state index in [1.807, 2.05) is 31.5 Å². The van der Waals surface area contributed by atoms with Crippen LogP contribution >= 0.6 is 0 Å². The molecule has 0 atom stereocenters. The second-order valence-corrected chi connectivity index (χ2v) is 7.40. The summed E-state index contributed by atoms with van der Waals surface area (Å²) >= 11 is 0. The maximum Gasteiger partial charge on any atom is 0.244 e. The van der Waals surface area contributed by atoms with Crippen LogP contribution < -0.4 is 5.32 Å². The zero-order valence-corrected chi connectivity index (χ0v) is 12.6. The lowest BCUT2D eigenvalue weighted by Crippen LogP contribution is -2.33. The molecule has 1 saturated carbocycles. The van der Waals surface area contributed by atoms with Gasteiger partial charge in [0.15, 0.2) is 0 Å². The molecule has 110 valence electrons. The van der Waals surface area contributed by atoms with Crippen LogP contribution in [0.4, 0.5) is 0 Å². The molecule has 20 heavy (non-hydrogen) atoms. The Hall–Kier alpha value is -1.11. The number of aromatic nitrogens is 1. The molecular formula is C14H21N3O2S. The van der Waals surface area contributed by atoms with Crippen molar-refractivity contribution in [1.29, 1.82) is 0 Å². The van der Waals surface area contributed by atoms with E-state index < -0.39 is 10.0 Å². The van der Waals surface area contributed by atoms with Gasteiger partial charge in [0.1, 0.15) is 4.90 Å². The molecule has 1 aliphatic carbocycles. The normalized spacial score (nSPS) is 20.4. The molecular weight excluding hydrogens is 274 g/mol. The van der Waals surface area contributed by atoms with Crippen molar-refractivity contribution in [3.8, 4) is 0 Å². The van der Waals surface area contributed by atoms with Crippen LogP contribution in [0.25, 0.3) is 0 Å². The van der Waals surface area contributed by atoms with Crippen molar-refractivity contribution in [2.45, 2.75) is 36.7 Å². The predicted molar refractivity (Wildman–Crippen MR) is 78.0 cm³/mol. The van der Waals surface area contributed by atoms with Crippen molar-refractivity contribution in [3.63, 3.8) is 0 Å². The maximum atomic E-state index is 12.7. The maximum absolute atomic E-state index is 12.7. The number of hydrogen-bond donors (Lipinski definition) is 1. The van der Waals surface area contributed by atoms with Crippen molar-refractivity contribution >= 4 is 10.0 Å². The van der Waals surface area contributed by atoms with E-state index in [2.05, 4.69) is 9.88 Å². The minimum atomic E-state index is -3.35. The molecule has 0 spiro atoms. The Kier molecular flexibility index (Phi) is 3.70. The van der Waals surface area contributed by atoms with E-state index in [1.165, 1.54) is 0 Å². The van der Waals surface area contributed by atoms with Crippen LogP contribution in [0, 0.1) is 0 Å². The summed E-state index contributed by atoms with van der Waals surface area (Å²) in [7, 11) is -1.47. The highest BCUT2D eigenvalue weighted by molar-refractivity contribution is 7.89. The monoisotopic (exact) mass is 295 g/mol. The number of hydrogen-bond acceptors (Lipinski definition) is 3. The quantitative estimate of drug-likeness (QED) is 0.838. The summed E-state index contributed by atoms with van der Waals surface area (Å²) in [5, 5.41) is 3.11. The van der Waals surface area contributed by atoms with Gasteiger partial charge in [0.2, 0.25) is 10.0 Å². The van der Waals surface area contributed by atoms with Crippen LogP contribution in [0.15, 0.2) is 29.3 Å². The standard InChI is InChI=1S/C14H21N3O2S/c1-15-10-13-9-14(11-17(13)12-5-6-12)20(18,19)16-7-3-2-4-8-16/h2-3,9,11-12,15H,4-8,10H2,1H3. The lowest BCUT2D eigenvalue weighted by Gasteiger charge is -2.21. The lowest BCUT2D eigenvalue weighted by molar-refractivity contribution is 0.437. The summed E-state index contributed by atoms with van der Waals surface area (Å²) < 4.78 is 29.0. The van der Waals surface area contributed by atoms with E-state index in [9.17, 15) is 8.42 Å². The number of nitrogens with zero attached hydrogens (tertiary/aromatic N) is 2. The van der Waals surface area contributed by atoms with Gasteiger partial charge in [-0.2, -0.15) is 4.31 Å². The minimum Gasteiger partial charge on any atom is -0.346 e. The first-order valence-corrected chi connectivity index (χ1v) is 8.57. The lowest BCUT2D eigenvalue weighted by atomic mass is 10.3. The molecule has 1 aliphatic heterocycles. The van der Waals surface area contributed by atoms with Crippen molar-refractivity contribution in [1.82, 2.24) is 14.2 Å². The number of nitrogens with one attached hydrogen (secondary N) is 1. The molecule has 1 aromatic heterocycles. The molecule has 1 fully saturated rings. The molecule has 0 radical (unpaired) electrons. The van der Waals surface area contributed by atoms with Crippen molar-refractivity contribution in [2.75, 3.05) is 20.1 Å². The molecule has 0 bridgehead atoms. The summed E-state index contributed by atoms with van der Waals surface area (Å²) in [6.07, 6.45) is 8.87. The van der Waals surface area contributed by atoms with Crippen LogP contribution in [0.1, 0.15) is 31.0 Å². The van der Waals surface area contributed by atoms with Gasteiger partial charge in [0.05, 0.1) is 0 Å². The fourth-order valence-corrected chi connectivity index (χ4v) is 4.10. The Labute approximate surface area is 120 Å². The molecule has 0 amide bonds. The Morgan fingerprint density at radius 3 is 2.75 bits per heavy atom. The summed E-state index contributed by atoms with van der Waals surface area (Å²) in [4.78, 5) is 0.435. The first-order valence-electron chi connectivity index (χ1n) is 7.13. The summed E-state index contributed by atoms with van der Waals surface area (Å²) in [5.41, 5.74) is 1.06. The molecule has 0 unspecified atom stereocenters. The topological polar surface area (TPSA) is 54.3 Å². The van der Waals surface area contributed by atoms with E-state index in [4.69, 9.17) is 0 Å².